The molecule has 2 aromatic heterocycles. The first kappa shape index (κ1) is 30.6. The van der Waals surface area contributed by atoms with Gasteiger partial charge in [0.25, 0.3) is 5.91 Å². The van der Waals surface area contributed by atoms with Crippen LogP contribution in [0.5, 0.6) is 0 Å². The van der Waals surface area contributed by atoms with Crippen LogP contribution in [0.3, 0.4) is 0 Å². The van der Waals surface area contributed by atoms with Gasteiger partial charge in [-0.15, -0.1) is 22.7 Å². The molecular weight excluding hydrogens is 627 g/mol. The van der Waals surface area contributed by atoms with Gasteiger partial charge in [0.15, 0.2) is 0 Å². The molecule has 4 aromatic rings. The molecule has 0 spiro atoms. The highest BCUT2D eigenvalue weighted by atomic mass is 35.5. The number of aliphatic carboxylic acids is 1. The Morgan fingerprint density at radius 3 is 2.77 bits per heavy atom. The number of methoxy groups -OCH3 is 1. The maximum atomic E-state index is 15.4. The van der Waals surface area contributed by atoms with Crippen molar-refractivity contribution >= 4 is 67.8 Å². The topological polar surface area (TPSA) is 112 Å². The number of rotatable bonds is 10. The number of aryl methyl sites for hydroxylation is 1. The van der Waals surface area contributed by atoms with Gasteiger partial charge in [0, 0.05) is 59.3 Å². The largest absolute Gasteiger partial charge is 0.481 e. The first-order chi connectivity index (χ1) is 21.2. The lowest BCUT2D eigenvalue weighted by Crippen LogP contribution is -2.56. The molecule has 44 heavy (non-hydrogen) atoms. The molecule has 2 fully saturated rings. The van der Waals surface area contributed by atoms with E-state index < -0.39 is 17.7 Å². The lowest BCUT2D eigenvalue weighted by Gasteiger charge is -2.42. The normalized spacial score (nSPS) is 18.9. The Hall–Kier alpha value is -3.42. The number of hydrogen-bond acceptors (Lipinski definition) is 8. The molecule has 4 heterocycles. The third kappa shape index (κ3) is 6.36. The Kier molecular flexibility index (Phi) is 8.97. The average molecular weight is 657 g/mol. The van der Waals surface area contributed by atoms with Gasteiger partial charge < -0.3 is 20.1 Å². The SMILES string of the molecule is COC1CN([C@H]2C[C@@H](c3ncc(CCC(=O)O)s3)N(C(=O)Cc3cc(Cl)c(NC(=O)c4csc5ccccc45)cc3F)C2)C1. The quantitative estimate of drug-likeness (QED) is 0.227. The van der Waals surface area contributed by atoms with E-state index in [4.69, 9.17) is 21.4 Å². The summed E-state index contributed by atoms with van der Waals surface area (Å²) in [6.45, 7) is 2.01. The fourth-order valence-electron chi connectivity index (χ4n) is 5.75. The van der Waals surface area contributed by atoms with Crippen LogP contribution in [0.15, 0.2) is 48.0 Å². The van der Waals surface area contributed by atoms with Gasteiger partial charge in [-0.2, -0.15) is 0 Å². The molecule has 2 atom stereocenters. The third-order valence-corrected chi connectivity index (χ3v) is 10.7. The highest BCUT2D eigenvalue weighted by molar-refractivity contribution is 7.17. The summed E-state index contributed by atoms with van der Waals surface area (Å²) in [5.41, 5.74) is 0.732. The number of ether oxygens (including phenoxy) is 1. The van der Waals surface area contributed by atoms with Crippen LogP contribution in [-0.4, -0.2) is 76.6 Å². The summed E-state index contributed by atoms with van der Waals surface area (Å²) in [7, 11) is 1.68. The molecule has 2 amide bonds. The summed E-state index contributed by atoms with van der Waals surface area (Å²) in [4.78, 5) is 47.2. The molecule has 2 aromatic carbocycles. The number of carbonyl (C=O) groups is 3. The first-order valence-electron chi connectivity index (χ1n) is 14.2. The van der Waals surface area contributed by atoms with Crippen LogP contribution in [0.4, 0.5) is 10.1 Å². The number of likely N-dealkylation sites (tertiary alicyclic amines) is 2. The Morgan fingerprint density at radius 2 is 2.00 bits per heavy atom. The molecule has 13 heteroatoms. The second-order valence-electron chi connectivity index (χ2n) is 11.0. The fraction of sp³-hybridized carbons (Fsp3) is 0.355. The number of aromatic nitrogens is 1. The molecule has 0 aliphatic carbocycles. The van der Waals surface area contributed by atoms with Crippen molar-refractivity contribution in [3.05, 3.63) is 79.8 Å². The maximum Gasteiger partial charge on any atom is 0.303 e. The predicted octanol–water partition coefficient (Wildman–Crippen LogP) is 5.64. The maximum absolute atomic E-state index is 15.4. The summed E-state index contributed by atoms with van der Waals surface area (Å²) in [5.74, 6) is -2.18. The van der Waals surface area contributed by atoms with Crippen LogP contribution >= 0.6 is 34.3 Å². The number of amides is 2. The van der Waals surface area contributed by atoms with Crippen LogP contribution < -0.4 is 5.32 Å². The van der Waals surface area contributed by atoms with Gasteiger partial charge in [-0.05, 0) is 36.6 Å². The summed E-state index contributed by atoms with van der Waals surface area (Å²) >= 11 is 9.35. The Bertz CT molecular complexity index is 1720. The second kappa shape index (κ2) is 12.9. The number of thiazole rings is 1. The van der Waals surface area contributed by atoms with E-state index in [1.165, 1.54) is 28.7 Å². The smallest absolute Gasteiger partial charge is 0.303 e. The van der Waals surface area contributed by atoms with Crippen molar-refractivity contribution in [1.82, 2.24) is 14.8 Å². The summed E-state index contributed by atoms with van der Waals surface area (Å²) in [6, 6.07) is 9.87. The van der Waals surface area contributed by atoms with E-state index in [9.17, 15) is 14.4 Å². The van der Waals surface area contributed by atoms with Crippen LogP contribution in [0, 0.1) is 5.82 Å². The number of fused-ring (bicyclic) bond motifs is 1. The molecule has 2 aliphatic heterocycles. The number of nitrogens with zero attached hydrogens (tertiary/aromatic N) is 3. The minimum absolute atomic E-state index is 0.00406. The van der Waals surface area contributed by atoms with E-state index in [1.54, 1.807) is 23.6 Å². The van der Waals surface area contributed by atoms with Crippen LogP contribution in [0.25, 0.3) is 10.1 Å². The average Bonchev–Trinajstić information content (AvgIpc) is 3.72. The number of halogens is 2. The van der Waals surface area contributed by atoms with E-state index >= 15 is 4.39 Å². The van der Waals surface area contributed by atoms with Crippen molar-refractivity contribution in [1.29, 1.82) is 0 Å². The molecule has 2 aliphatic rings. The van der Waals surface area contributed by atoms with Crippen molar-refractivity contribution in [3.8, 4) is 0 Å². The van der Waals surface area contributed by atoms with E-state index in [0.29, 0.717) is 24.9 Å². The van der Waals surface area contributed by atoms with Gasteiger partial charge in [0.2, 0.25) is 5.91 Å². The Labute approximate surface area is 266 Å². The first-order valence-corrected chi connectivity index (χ1v) is 16.3. The van der Waals surface area contributed by atoms with Crippen molar-refractivity contribution in [2.24, 2.45) is 0 Å². The molecule has 2 saturated heterocycles. The highest BCUT2D eigenvalue weighted by Crippen LogP contribution is 2.39. The Morgan fingerprint density at radius 1 is 1.20 bits per heavy atom. The van der Waals surface area contributed by atoms with E-state index in [0.717, 1.165) is 39.1 Å². The highest BCUT2D eigenvalue weighted by Gasteiger charge is 2.43. The number of carboxylic acid groups (broad SMARTS) is 1. The van der Waals surface area contributed by atoms with Gasteiger partial charge >= 0.3 is 5.97 Å². The lowest BCUT2D eigenvalue weighted by molar-refractivity contribution is -0.137. The predicted molar refractivity (Wildman–Crippen MR) is 168 cm³/mol. The van der Waals surface area contributed by atoms with Crippen molar-refractivity contribution < 1.29 is 28.6 Å². The summed E-state index contributed by atoms with van der Waals surface area (Å²) in [5, 5.41) is 15.2. The number of thiophene rings is 1. The van der Waals surface area contributed by atoms with Gasteiger partial charge in [-0.3, -0.25) is 19.3 Å². The second-order valence-corrected chi connectivity index (χ2v) is 13.5. The molecule has 6 rings (SSSR count). The van der Waals surface area contributed by atoms with Gasteiger partial charge in [-0.1, -0.05) is 29.8 Å². The minimum Gasteiger partial charge on any atom is -0.481 e. The van der Waals surface area contributed by atoms with E-state index in [1.807, 2.05) is 24.3 Å². The molecule has 0 bridgehead atoms. The zero-order valence-electron chi connectivity index (χ0n) is 23.8. The molecule has 0 unspecified atom stereocenters. The summed E-state index contributed by atoms with van der Waals surface area (Å²) < 4.78 is 21.8. The van der Waals surface area contributed by atoms with Crippen LogP contribution in [0.1, 0.15) is 44.7 Å². The number of carbonyl (C=O) groups excluding carboxylic acids is 2. The third-order valence-electron chi connectivity index (χ3n) is 8.22. The van der Waals surface area contributed by atoms with Crippen molar-refractivity contribution in [2.45, 2.75) is 43.9 Å². The van der Waals surface area contributed by atoms with Gasteiger partial charge in [0.1, 0.15) is 10.8 Å². The molecular formula is C31H30ClFN4O5S2. The molecule has 9 nitrogen and oxygen atoms in total. The number of benzene rings is 2. The van der Waals surface area contributed by atoms with Crippen molar-refractivity contribution in [2.75, 3.05) is 32.1 Å². The molecule has 230 valence electrons. The minimum atomic E-state index is -0.880. The molecule has 0 radical (unpaired) electrons. The Balaban J connectivity index is 1.18. The monoisotopic (exact) mass is 656 g/mol. The van der Waals surface area contributed by atoms with Gasteiger partial charge in [-0.25, -0.2) is 9.37 Å². The van der Waals surface area contributed by atoms with Crippen LogP contribution in [0.2, 0.25) is 5.02 Å². The number of nitrogens with one attached hydrogen (secondary N) is 1. The van der Waals surface area contributed by atoms with Crippen LogP contribution in [-0.2, 0) is 27.2 Å². The number of anilines is 1. The van der Waals surface area contributed by atoms with Gasteiger partial charge in [0.05, 0.1) is 41.3 Å². The molecule has 0 saturated carbocycles. The lowest BCUT2D eigenvalue weighted by atomic mass is 10.1. The zero-order chi connectivity index (χ0) is 31.0. The standard InChI is InChI=1S/C31H30ClFN4O5S2/c1-42-19-14-36(15-19)18-10-26(31-34-12-20(44-31)6-7-29(39)40)37(13-18)28(38)9-17-8-23(32)25(11-24(17)33)35-30(41)22-16-43-27-5-3-2-4-21(22)27/h2-5,8,11-12,16,18-19,26H,6-7,9-10,13-15H2,1H3,(H,35,41)(H,39,40)/t18-,26-/m0/s1. The van der Waals surface area contributed by atoms with E-state index in [2.05, 4.69) is 15.2 Å². The van der Waals surface area contributed by atoms with Crippen molar-refractivity contribution in [3.63, 3.8) is 0 Å². The number of hydrogen-bond donors (Lipinski definition) is 2. The summed E-state index contributed by atoms with van der Waals surface area (Å²) in [6.07, 6.45) is 2.66. The molecule has 2 N–H and O–H groups in total. The van der Waals surface area contributed by atoms with E-state index in [-0.39, 0.29) is 53.2 Å². The number of carboxylic acids is 1. The fourth-order valence-corrected chi connectivity index (χ4v) is 7.97. The zero-order valence-corrected chi connectivity index (χ0v) is 26.2.